The number of hydrogen-bond acceptors (Lipinski definition) is 2. The SMILES string of the molecule is CC1CNCCN(CCCC2CCCC2)C1. The molecule has 1 aliphatic heterocycles. The molecule has 0 aromatic heterocycles. The molecule has 0 aromatic rings. The molecule has 2 aliphatic rings. The van der Waals surface area contributed by atoms with Crippen molar-refractivity contribution >= 4 is 0 Å². The molecule has 1 aliphatic carbocycles. The van der Waals surface area contributed by atoms with Crippen molar-refractivity contribution in [1.29, 1.82) is 0 Å². The van der Waals surface area contributed by atoms with Crippen molar-refractivity contribution in [3.05, 3.63) is 0 Å². The van der Waals surface area contributed by atoms with Crippen LogP contribution in [0.25, 0.3) is 0 Å². The zero-order valence-corrected chi connectivity index (χ0v) is 10.9. The van der Waals surface area contributed by atoms with Crippen molar-refractivity contribution in [3.8, 4) is 0 Å². The van der Waals surface area contributed by atoms with Crippen LogP contribution in [0.4, 0.5) is 0 Å². The Kier molecular flexibility index (Phi) is 5.11. The van der Waals surface area contributed by atoms with E-state index in [0.717, 1.165) is 11.8 Å². The molecule has 2 heteroatoms. The molecule has 94 valence electrons. The van der Waals surface area contributed by atoms with E-state index in [-0.39, 0.29) is 0 Å². The highest BCUT2D eigenvalue weighted by molar-refractivity contribution is 4.72. The molecular weight excluding hydrogens is 196 g/mol. The first-order valence-electron chi connectivity index (χ1n) is 7.27. The molecule has 1 unspecified atom stereocenters. The lowest BCUT2D eigenvalue weighted by Crippen LogP contribution is -2.30. The van der Waals surface area contributed by atoms with Gasteiger partial charge in [0, 0.05) is 19.6 Å². The fourth-order valence-corrected chi connectivity index (χ4v) is 3.29. The topological polar surface area (TPSA) is 15.3 Å². The summed E-state index contributed by atoms with van der Waals surface area (Å²) in [6.07, 6.45) is 8.93. The smallest absolute Gasteiger partial charge is 0.0107 e. The molecule has 2 fully saturated rings. The van der Waals surface area contributed by atoms with Gasteiger partial charge in [0.05, 0.1) is 0 Å². The van der Waals surface area contributed by atoms with Crippen LogP contribution in [0.2, 0.25) is 0 Å². The van der Waals surface area contributed by atoms with Gasteiger partial charge in [0.2, 0.25) is 0 Å². The second-order valence-electron chi connectivity index (χ2n) is 5.90. The maximum Gasteiger partial charge on any atom is 0.0107 e. The average molecular weight is 224 g/mol. The van der Waals surface area contributed by atoms with E-state index in [1.54, 1.807) is 0 Å². The van der Waals surface area contributed by atoms with Crippen molar-refractivity contribution in [2.24, 2.45) is 11.8 Å². The Bertz CT molecular complexity index is 187. The normalized spacial score (nSPS) is 29.4. The molecule has 0 aromatic carbocycles. The quantitative estimate of drug-likeness (QED) is 0.789. The maximum atomic E-state index is 3.52. The Balaban J connectivity index is 1.60. The van der Waals surface area contributed by atoms with Gasteiger partial charge in [0.1, 0.15) is 0 Å². The molecule has 0 amide bonds. The van der Waals surface area contributed by atoms with E-state index < -0.39 is 0 Å². The van der Waals surface area contributed by atoms with E-state index >= 15 is 0 Å². The predicted octanol–water partition coefficient (Wildman–Crippen LogP) is 2.50. The fourth-order valence-electron chi connectivity index (χ4n) is 3.29. The minimum absolute atomic E-state index is 0.828. The summed E-state index contributed by atoms with van der Waals surface area (Å²) in [6.45, 7) is 8.66. The first kappa shape index (κ1) is 12.4. The Labute approximate surface area is 101 Å². The third-order valence-corrected chi connectivity index (χ3v) is 4.23. The number of hydrogen-bond donors (Lipinski definition) is 1. The molecule has 0 spiro atoms. The van der Waals surface area contributed by atoms with Gasteiger partial charge in [-0.1, -0.05) is 32.6 Å². The van der Waals surface area contributed by atoms with Gasteiger partial charge in [-0.15, -0.1) is 0 Å². The fraction of sp³-hybridized carbons (Fsp3) is 1.00. The Morgan fingerprint density at radius 2 is 2.06 bits per heavy atom. The highest BCUT2D eigenvalue weighted by Gasteiger charge is 2.16. The molecule has 2 rings (SSSR count). The summed E-state index contributed by atoms with van der Waals surface area (Å²) in [6, 6.07) is 0. The number of nitrogens with one attached hydrogen (secondary N) is 1. The Morgan fingerprint density at radius 3 is 2.88 bits per heavy atom. The minimum Gasteiger partial charge on any atom is -0.315 e. The molecule has 1 heterocycles. The molecule has 0 bridgehead atoms. The zero-order chi connectivity index (χ0) is 11.2. The van der Waals surface area contributed by atoms with Gasteiger partial charge in [-0.05, 0) is 37.8 Å². The lowest BCUT2D eigenvalue weighted by Gasteiger charge is -2.22. The molecule has 0 radical (unpaired) electrons. The van der Waals surface area contributed by atoms with Gasteiger partial charge < -0.3 is 10.2 Å². The molecule has 1 N–H and O–H groups in total. The minimum atomic E-state index is 0.828. The van der Waals surface area contributed by atoms with Gasteiger partial charge in [0.25, 0.3) is 0 Å². The van der Waals surface area contributed by atoms with Crippen molar-refractivity contribution in [2.75, 3.05) is 32.7 Å². The third kappa shape index (κ3) is 4.06. The zero-order valence-electron chi connectivity index (χ0n) is 10.9. The first-order valence-corrected chi connectivity index (χ1v) is 7.27. The number of rotatable bonds is 4. The second-order valence-corrected chi connectivity index (χ2v) is 5.90. The van der Waals surface area contributed by atoms with Crippen LogP contribution < -0.4 is 5.32 Å². The van der Waals surface area contributed by atoms with Gasteiger partial charge >= 0.3 is 0 Å². The summed E-state index contributed by atoms with van der Waals surface area (Å²) < 4.78 is 0. The van der Waals surface area contributed by atoms with E-state index in [9.17, 15) is 0 Å². The first-order chi connectivity index (χ1) is 7.84. The summed E-state index contributed by atoms with van der Waals surface area (Å²) in [4.78, 5) is 2.67. The van der Waals surface area contributed by atoms with E-state index in [2.05, 4.69) is 17.1 Å². The Hall–Kier alpha value is -0.0800. The standard InChI is InChI=1S/C14H28N2/c1-13-11-15-8-10-16(12-13)9-4-7-14-5-2-3-6-14/h13-15H,2-12H2,1H3. The maximum absolute atomic E-state index is 3.52. The van der Waals surface area contributed by atoms with Crippen molar-refractivity contribution in [1.82, 2.24) is 10.2 Å². The molecule has 16 heavy (non-hydrogen) atoms. The van der Waals surface area contributed by atoms with E-state index in [1.165, 1.54) is 71.2 Å². The van der Waals surface area contributed by atoms with Crippen LogP contribution in [-0.4, -0.2) is 37.6 Å². The monoisotopic (exact) mass is 224 g/mol. The summed E-state index contributed by atoms with van der Waals surface area (Å²) in [5, 5.41) is 3.52. The third-order valence-electron chi connectivity index (χ3n) is 4.23. The average Bonchev–Trinajstić information content (AvgIpc) is 2.69. The largest absolute Gasteiger partial charge is 0.315 e. The van der Waals surface area contributed by atoms with Crippen molar-refractivity contribution in [2.45, 2.75) is 45.4 Å². The van der Waals surface area contributed by atoms with Crippen LogP contribution in [0.15, 0.2) is 0 Å². The van der Waals surface area contributed by atoms with Crippen LogP contribution in [0.3, 0.4) is 0 Å². The van der Waals surface area contributed by atoms with Crippen LogP contribution in [0.5, 0.6) is 0 Å². The van der Waals surface area contributed by atoms with Crippen LogP contribution in [-0.2, 0) is 0 Å². The second kappa shape index (κ2) is 6.61. The van der Waals surface area contributed by atoms with Gasteiger partial charge in [-0.3, -0.25) is 0 Å². The van der Waals surface area contributed by atoms with E-state index in [4.69, 9.17) is 0 Å². The van der Waals surface area contributed by atoms with Crippen LogP contribution >= 0.6 is 0 Å². The van der Waals surface area contributed by atoms with Gasteiger partial charge in [-0.2, -0.15) is 0 Å². The molecular formula is C14H28N2. The molecule has 2 nitrogen and oxygen atoms in total. The van der Waals surface area contributed by atoms with Crippen LogP contribution in [0, 0.1) is 11.8 Å². The van der Waals surface area contributed by atoms with E-state index in [1.807, 2.05) is 0 Å². The Morgan fingerprint density at radius 1 is 1.25 bits per heavy atom. The highest BCUT2D eigenvalue weighted by Crippen LogP contribution is 2.28. The van der Waals surface area contributed by atoms with Crippen molar-refractivity contribution in [3.63, 3.8) is 0 Å². The predicted molar refractivity (Wildman–Crippen MR) is 69.7 cm³/mol. The lowest BCUT2D eigenvalue weighted by atomic mass is 10.0. The molecule has 1 atom stereocenters. The van der Waals surface area contributed by atoms with Gasteiger partial charge in [0.15, 0.2) is 0 Å². The summed E-state index contributed by atoms with van der Waals surface area (Å²) >= 11 is 0. The summed E-state index contributed by atoms with van der Waals surface area (Å²) in [5.74, 6) is 1.90. The van der Waals surface area contributed by atoms with E-state index in [0.29, 0.717) is 0 Å². The highest BCUT2D eigenvalue weighted by atomic mass is 15.2. The summed E-state index contributed by atoms with van der Waals surface area (Å²) in [5.41, 5.74) is 0. The van der Waals surface area contributed by atoms with Crippen LogP contribution in [0.1, 0.15) is 45.4 Å². The lowest BCUT2D eigenvalue weighted by molar-refractivity contribution is 0.252. The number of nitrogens with zero attached hydrogens (tertiary/aromatic N) is 1. The van der Waals surface area contributed by atoms with Crippen molar-refractivity contribution < 1.29 is 0 Å². The molecule has 1 saturated carbocycles. The van der Waals surface area contributed by atoms with Gasteiger partial charge in [-0.25, -0.2) is 0 Å². The summed E-state index contributed by atoms with van der Waals surface area (Å²) in [7, 11) is 0. The molecule has 1 saturated heterocycles.